The van der Waals surface area contributed by atoms with Gasteiger partial charge < -0.3 is 10.1 Å². The van der Waals surface area contributed by atoms with E-state index >= 15 is 0 Å². The molecule has 5 rings (SSSR count). The molecule has 142 valence electrons. The molecule has 2 aliphatic rings. The molecule has 3 aromatic heterocycles. The predicted octanol–water partition coefficient (Wildman–Crippen LogP) is 4.75. The lowest BCUT2D eigenvalue weighted by Gasteiger charge is -2.23. The quantitative estimate of drug-likeness (QED) is 0.680. The third-order valence-electron chi connectivity index (χ3n) is 5.49. The van der Waals surface area contributed by atoms with Crippen molar-refractivity contribution in [2.24, 2.45) is 0 Å². The summed E-state index contributed by atoms with van der Waals surface area (Å²) in [6.07, 6.45) is 10.9. The lowest BCUT2D eigenvalue weighted by atomic mass is 10.1. The third-order valence-corrected chi connectivity index (χ3v) is 6.75. The summed E-state index contributed by atoms with van der Waals surface area (Å²) >= 11 is 8.01. The SMILES string of the molecule is Clc1cnc(NC2CCOCC2)cc1-c1nn2cc(C3CCCC3)nc2s1. The fraction of sp³-hybridized carbons (Fsp3) is 0.526. The minimum absolute atomic E-state index is 0.392. The van der Waals surface area contributed by atoms with Gasteiger partial charge in [0.1, 0.15) is 10.8 Å². The number of fused-ring (bicyclic) bond motifs is 1. The molecule has 1 saturated carbocycles. The maximum Gasteiger partial charge on any atom is 0.212 e. The van der Waals surface area contributed by atoms with Gasteiger partial charge in [-0.25, -0.2) is 14.5 Å². The summed E-state index contributed by atoms with van der Waals surface area (Å²) in [5.74, 6) is 1.43. The highest BCUT2D eigenvalue weighted by Gasteiger charge is 2.22. The largest absolute Gasteiger partial charge is 0.381 e. The van der Waals surface area contributed by atoms with Gasteiger partial charge in [0.15, 0.2) is 0 Å². The van der Waals surface area contributed by atoms with Crippen molar-refractivity contribution in [2.45, 2.75) is 50.5 Å². The number of aromatic nitrogens is 4. The summed E-state index contributed by atoms with van der Waals surface area (Å²) in [5.41, 5.74) is 2.08. The van der Waals surface area contributed by atoms with Crippen molar-refractivity contribution in [1.82, 2.24) is 19.6 Å². The minimum atomic E-state index is 0.392. The van der Waals surface area contributed by atoms with Crippen molar-refractivity contribution in [2.75, 3.05) is 18.5 Å². The van der Waals surface area contributed by atoms with Crippen LogP contribution in [0.4, 0.5) is 5.82 Å². The molecule has 6 nitrogen and oxygen atoms in total. The second kappa shape index (κ2) is 7.37. The number of hydrogen-bond acceptors (Lipinski definition) is 6. The monoisotopic (exact) mass is 403 g/mol. The molecular weight excluding hydrogens is 382 g/mol. The summed E-state index contributed by atoms with van der Waals surface area (Å²) in [6.45, 7) is 1.59. The molecule has 8 heteroatoms. The van der Waals surface area contributed by atoms with Gasteiger partial charge in [-0.3, -0.25) is 0 Å². The summed E-state index contributed by atoms with van der Waals surface area (Å²) in [6, 6.07) is 2.39. The van der Waals surface area contributed by atoms with Crippen molar-refractivity contribution in [3.63, 3.8) is 0 Å². The van der Waals surface area contributed by atoms with E-state index in [-0.39, 0.29) is 0 Å². The normalized spacial score (nSPS) is 19.1. The number of rotatable bonds is 4. The van der Waals surface area contributed by atoms with Crippen LogP contribution in [-0.4, -0.2) is 38.8 Å². The number of nitrogens with zero attached hydrogens (tertiary/aromatic N) is 4. The van der Waals surface area contributed by atoms with Crippen LogP contribution in [0.15, 0.2) is 18.5 Å². The van der Waals surface area contributed by atoms with Gasteiger partial charge in [-0.2, -0.15) is 5.10 Å². The molecule has 0 amide bonds. The molecule has 0 aromatic carbocycles. The van der Waals surface area contributed by atoms with Crippen LogP contribution in [-0.2, 0) is 4.74 Å². The van der Waals surface area contributed by atoms with Crippen LogP contribution in [0.5, 0.6) is 0 Å². The average molecular weight is 404 g/mol. The summed E-state index contributed by atoms with van der Waals surface area (Å²) in [5, 5.41) is 9.72. The van der Waals surface area contributed by atoms with E-state index in [0.29, 0.717) is 17.0 Å². The number of hydrogen-bond donors (Lipinski definition) is 1. The third kappa shape index (κ3) is 3.56. The number of pyridine rings is 1. The minimum Gasteiger partial charge on any atom is -0.381 e. The predicted molar refractivity (Wildman–Crippen MR) is 108 cm³/mol. The van der Waals surface area contributed by atoms with Crippen LogP contribution in [0.25, 0.3) is 15.5 Å². The maximum absolute atomic E-state index is 6.43. The van der Waals surface area contributed by atoms with Crippen molar-refractivity contribution < 1.29 is 4.74 Å². The van der Waals surface area contributed by atoms with E-state index in [0.717, 1.165) is 47.4 Å². The number of nitrogens with one attached hydrogen (secondary N) is 1. The van der Waals surface area contributed by atoms with E-state index in [1.807, 2.05) is 10.6 Å². The number of ether oxygens (including phenoxy) is 1. The Morgan fingerprint density at radius 3 is 2.78 bits per heavy atom. The summed E-state index contributed by atoms with van der Waals surface area (Å²) < 4.78 is 7.32. The van der Waals surface area contributed by atoms with E-state index in [1.165, 1.54) is 31.4 Å². The molecule has 1 aliphatic carbocycles. The molecule has 0 atom stereocenters. The van der Waals surface area contributed by atoms with E-state index in [4.69, 9.17) is 26.4 Å². The number of imidazole rings is 1. The smallest absolute Gasteiger partial charge is 0.212 e. The van der Waals surface area contributed by atoms with Crippen LogP contribution in [0, 0.1) is 0 Å². The van der Waals surface area contributed by atoms with Crippen LogP contribution in [0.2, 0.25) is 5.02 Å². The zero-order valence-corrected chi connectivity index (χ0v) is 16.6. The van der Waals surface area contributed by atoms with Crippen LogP contribution in [0.3, 0.4) is 0 Å². The molecule has 0 spiro atoms. The van der Waals surface area contributed by atoms with E-state index in [1.54, 1.807) is 17.5 Å². The van der Waals surface area contributed by atoms with E-state index in [9.17, 15) is 0 Å². The molecule has 0 bridgehead atoms. The topological polar surface area (TPSA) is 64.3 Å². The van der Waals surface area contributed by atoms with Crippen LogP contribution < -0.4 is 5.32 Å². The van der Waals surface area contributed by atoms with Crippen molar-refractivity contribution in [3.05, 3.63) is 29.2 Å². The van der Waals surface area contributed by atoms with Crippen molar-refractivity contribution >= 4 is 33.7 Å². The van der Waals surface area contributed by atoms with Gasteiger partial charge in [0.25, 0.3) is 0 Å². The zero-order chi connectivity index (χ0) is 18.2. The van der Waals surface area contributed by atoms with Gasteiger partial charge in [-0.1, -0.05) is 35.8 Å². The first-order valence-corrected chi connectivity index (χ1v) is 10.8. The lowest BCUT2D eigenvalue weighted by molar-refractivity contribution is 0.0904. The highest BCUT2D eigenvalue weighted by atomic mass is 35.5. The molecule has 0 unspecified atom stereocenters. The molecule has 27 heavy (non-hydrogen) atoms. The standard InChI is InChI=1S/C19H22ClN5OS/c20-15-10-21-17(22-13-5-7-26-8-6-13)9-14(15)18-24-25-11-16(23-19(25)27-18)12-3-1-2-4-12/h9-13H,1-8H2,(H,21,22). The number of anilines is 1. The molecule has 0 radical (unpaired) electrons. The Morgan fingerprint density at radius 2 is 2.00 bits per heavy atom. The molecule has 2 fully saturated rings. The van der Waals surface area contributed by atoms with Crippen molar-refractivity contribution in [1.29, 1.82) is 0 Å². The highest BCUT2D eigenvalue weighted by molar-refractivity contribution is 7.19. The lowest BCUT2D eigenvalue weighted by Crippen LogP contribution is -2.28. The first kappa shape index (κ1) is 17.4. The van der Waals surface area contributed by atoms with Gasteiger partial charge in [0.2, 0.25) is 4.96 Å². The van der Waals surface area contributed by atoms with Gasteiger partial charge >= 0.3 is 0 Å². The Balaban J connectivity index is 1.41. The van der Waals surface area contributed by atoms with Crippen LogP contribution in [0.1, 0.15) is 50.1 Å². The van der Waals surface area contributed by atoms with Gasteiger partial charge in [-0.15, -0.1) is 0 Å². The highest BCUT2D eigenvalue weighted by Crippen LogP contribution is 2.36. The molecule has 1 N–H and O–H groups in total. The van der Waals surface area contributed by atoms with Gasteiger partial charge in [0, 0.05) is 36.9 Å². The van der Waals surface area contributed by atoms with E-state index in [2.05, 4.69) is 16.5 Å². The van der Waals surface area contributed by atoms with E-state index < -0.39 is 0 Å². The molecule has 1 saturated heterocycles. The Labute approximate surface area is 166 Å². The Kier molecular flexibility index (Phi) is 4.75. The fourth-order valence-corrected chi connectivity index (χ4v) is 5.14. The summed E-state index contributed by atoms with van der Waals surface area (Å²) in [4.78, 5) is 10.2. The maximum atomic E-state index is 6.43. The fourth-order valence-electron chi connectivity index (χ4n) is 3.98. The second-order valence-electron chi connectivity index (χ2n) is 7.36. The van der Waals surface area contributed by atoms with Crippen molar-refractivity contribution in [3.8, 4) is 10.6 Å². The number of halogens is 1. The first-order chi connectivity index (χ1) is 13.3. The Bertz CT molecular complexity index is 911. The first-order valence-electron chi connectivity index (χ1n) is 9.62. The average Bonchev–Trinajstić information content (AvgIpc) is 3.40. The summed E-state index contributed by atoms with van der Waals surface area (Å²) in [7, 11) is 0. The second-order valence-corrected chi connectivity index (χ2v) is 8.73. The molecule has 1 aliphatic heterocycles. The van der Waals surface area contributed by atoms with Gasteiger partial charge in [-0.05, 0) is 31.7 Å². The van der Waals surface area contributed by atoms with Gasteiger partial charge in [0.05, 0.1) is 16.9 Å². The Morgan fingerprint density at radius 1 is 1.19 bits per heavy atom. The molecular formula is C19H22ClN5OS. The zero-order valence-electron chi connectivity index (χ0n) is 15.0. The van der Waals surface area contributed by atoms with Crippen LogP contribution >= 0.6 is 22.9 Å². The molecule has 4 heterocycles. The Hall–Kier alpha value is -1.70. The molecule has 3 aromatic rings.